The van der Waals surface area contributed by atoms with Crippen molar-refractivity contribution >= 4 is 28.3 Å². The summed E-state index contributed by atoms with van der Waals surface area (Å²) in [4.78, 5) is 30.3. The fourth-order valence-electron chi connectivity index (χ4n) is 4.32. The van der Waals surface area contributed by atoms with Gasteiger partial charge in [-0.15, -0.1) is 0 Å². The number of nitrogens with two attached hydrogens (primary N) is 1. The molecule has 0 fully saturated rings. The number of likely N-dealkylation sites (N-methyl/N-ethyl adjacent to an activating group) is 1. The highest BCUT2D eigenvalue weighted by molar-refractivity contribution is 6.05. The zero-order chi connectivity index (χ0) is 25.6. The molecule has 5 N–H and O–H groups in total. The van der Waals surface area contributed by atoms with E-state index in [9.17, 15) is 14.7 Å². The zero-order valence-electron chi connectivity index (χ0n) is 20.1. The van der Waals surface area contributed by atoms with Crippen LogP contribution in [0.2, 0.25) is 0 Å². The molecule has 4 aromatic rings. The Morgan fingerprint density at radius 3 is 2.92 bits per heavy atom. The van der Waals surface area contributed by atoms with Gasteiger partial charge in [0.25, 0.3) is 5.56 Å². The first-order valence-corrected chi connectivity index (χ1v) is 11.4. The number of para-hydroxylation sites is 1. The van der Waals surface area contributed by atoms with Crippen molar-refractivity contribution in [1.29, 1.82) is 0 Å². The van der Waals surface area contributed by atoms with E-state index in [0.29, 0.717) is 46.0 Å². The molecule has 0 atom stereocenters. The predicted octanol–water partition coefficient (Wildman–Crippen LogP) is 2.93. The number of phenolic OH excluding ortho intramolecular Hbond substituents is 1. The molecule has 3 heterocycles. The summed E-state index contributed by atoms with van der Waals surface area (Å²) in [6, 6.07) is 10.3. The minimum absolute atomic E-state index is 0.0595. The standard InChI is InChI=1S/C26H26N6O4/c1-14-9-10-15(33)12-19(14)32-25(27)22-23(30-32)21-16-6-4-7-17(28-20(34)8-5-11-31(2)3)24(16)36-13-18(21)29-26(22)35/h4-10,12,33H,11,13,27H2,1-3H3,(H,28,34)(H,29,35). The number of amides is 1. The molecule has 10 heteroatoms. The van der Waals surface area contributed by atoms with E-state index in [4.69, 9.17) is 15.6 Å². The fraction of sp³-hybridized carbons (Fsp3) is 0.192. The predicted molar refractivity (Wildman–Crippen MR) is 139 cm³/mol. The minimum Gasteiger partial charge on any atom is -0.508 e. The van der Waals surface area contributed by atoms with Crippen molar-refractivity contribution < 1.29 is 14.6 Å². The lowest BCUT2D eigenvalue weighted by molar-refractivity contribution is -0.111. The molecule has 0 unspecified atom stereocenters. The van der Waals surface area contributed by atoms with Crippen molar-refractivity contribution in [1.82, 2.24) is 19.7 Å². The number of nitrogens with zero attached hydrogens (tertiary/aromatic N) is 3. The average Bonchev–Trinajstić information content (AvgIpc) is 3.17. The lowest BCUT2D eigenvalue weighted by Gasteiger charge is -2.23. The van der Waals surface area contributed by atoms with Crippen LogP contribution in [-0.4, -0.2) is 51.3 Å². The second kappa shape index (κ2) is 8.90. The second-order valence-electron chi connectivity index (χ2n) is 8.92. The SMILES string of the molecule is Cc1ccc(O)cc1-n1nc2c3c([nH]c(=O)c2c1N)COc1c(NC(=O)C=CCN(C)C)cccc1-3. The maximum absolute atomic E-state index is 13.0. The van der Waals surface area contributed by atoms with Gasteiger partial charge in [0.15, 0.2) is 5.75 Å². The van der Waals surface area contributed by atoms with Gasteiger partial charge in [0, 0.05) is 29.8 Å². The van der Waals surface area contributed by atoms with Crippen molar-refractivity contribution in [3.8, 4) is 28.3 Å². The summed E-state index contributed by atoms with van der Waals surface area (Å²) < 4.78 is 7.43. The lowest BCUT2D eigenvalue weighted by atomic mass is 9.98. The van der Waals surface area contributed by atoms with E-state index in [-0.39, 0.29) is 35.0 Å². The summed E-state index contributed by atoms with van der Waals surface area (Å²) in [5.74, 6) is 0.420. The van der Waals surface area contributed by atoms with E-state index in [0.717, 1.165) is 5.56 Å². The van der Waals surface area contributed by atoms with Gasteiger partial charge in [0.2, 0.25) is 5.91 Å². The number of carbonyl (C=O) groups excluding carboxylic acids is 1. The minimum atomic E-state index is -0.382. The van der Waals surface area contributed by atoms with Gasteiger partial charge >= 0.3 is 0 Å². The summed E-state index contributed by atoms with van der Waals surface area (Å²) in [5, 5.41) is 17.8. The molecule has 1 aliphatic rings. The van der Waals surface area contributed by atoms with Crippen LogP contribution < -0.4 is 21.3 Å². The third kappa shape index (κ3) is 3.97. The van der Waals surface area contributed by atoms with Gasteiger partial charge in [-0.3, -0.25) is 9.59 Å². The Morgan fingerprint density at radius 2 is 2.14 bits per heavy atom. The van der Waals surface area contributed by atoms with Crippen LogP contribution in [0, 0.1) is 6.92 Å². The Morgan fingerprint density at radius 1 is 1.33 bits per heavy atom. The normalized spacial score (nSPS) is 12.6. The molecule has 0 saturated heterocycles. The Bertz CT molecular complexity index is 1600. The molecule has 0 radical (unpaired) electrons. The van der Waals surface area contributed by atoms with Crippen LogP contribution in [0.25, 0.3) is 27.7 Å². The zero-order valence-corrected chi connectivity index (χ0v) is 20.1. The van der Waals surface area contributed by atoms with E-state index in [1.165, 1.54) is 10.8 Å². The molecule has 0 spiro atoms. The van der Waals surface area contributed by atoms with Crippen LogP contribution in [-0.2, 0) is 11.4 Å². The van der Waals surface area contributed by atoms with Crippen molar-refractivity contribution in [3.63, 3.8) is 0 Å². The third-order valence-corrected chi connectivity index (χ3v) is 6.01. The number of benzene rings is 2. The van der Waals surface area contributed by atoms with E-state index in [1.807, 2.05) is 32.0 Å². The number of nitrogen functional groups attached to an aromatic ring is 1. The molecule has 10 nitrogen and oxygen atoms in total. The van der Waals surface area contributed by atoms with Crippen molar-refractivity contribution in [2.24, 2.45) is 0 Å². The molecule has 0 bridgehead atoms. The van der Waals surface area contributed by atoms with Crippen LogP contribution in [0.5, 0.6) is 11.5 Å². The van der Waals surface area contributed by atoms with Gasteiger partial charge in [-0.05, 0) is 38.7 Å². The Balaban J connectivity index is 1.64. The average molecular weight is 487 g/mol. The second-order valence-corrected chi connectivity index (χ2v) is 8.92. The highest BCUT2D eigenvalue weighted by atomic mass is 16.5. The number of phenols is 1. The van der Waals surface area contributed by atoms with Crippen LogP contribution >= 0.6 is 0 Å². The van der Waals surface area contributed by atoms with E-state index in [2.05, 4.69) is 10.3 Å². The molecular formula is C26H26N6O4. The number of aromatic amines is 1. The molecule has 184 valence electrons. The first-order chi connectivity index (χ1) is 17.2. The number of pyridine rings is 1. The summed E-state index contributed by atoms with van der Waals surface area (Å²) in [5.41, 5.74) is 10.2. The monoisotopic (exact) mass is 486 g/mol. The van der Waals surface area contributed by atoms with Gasteiger partial charge in [-0.2, -0.15) is 5.10 Å². The van der Waals surface area contributed by atoms with Gasteiger partial charge in [-0.25, -0.2) is 4.68 Å². The largest absolute Gasteiger partial charge is 0.508 e. The fourth-order valence-corrected chi connectivity index (χ4v) is 4.32. The quantitative estimate of drug-likeness (QED) is 0.318. The summed E-state index contributed by atoms with van der Waals surface area (Å²) >= 11 is 0. The number of hydrogen-bond donors (Lipinski definition) is 4. The third-order valence-electron chi connectivity index (χ3n) is 6.01. The molecule has 1 amide bonds. The Hall–Kier alpha value is -4.57. The maximum Gasteiger partial charge on any atom is 0.261 e. The molecule has 2 aromatic carbocycles. The number of aromatic nitrogens is 3. The van der Waals surface area contributed by atoms with Gasteiger partial charge in [-0.1, -0.05) is 24.3 Å². The Labute approximate surface area is 206 Å². The highest BCUT2D eigenvalue weighted by Crippen LogP contribution is 2.44. The number of hydrogen-bond acceptors (Lipinski definition) is 7. The van der Waals surface area contributed by atoms with Crippen molar-refractivity contribution in [2.45, 2.75) is 13.5 Å². The lowest BCUT2D eigenvalue weighted by Crippen LogP contribution is -2.18. The number of ether oxygens (including phenoxy) is 1. The number of H-pyrrole nitrogens is 1. The molecule has 0 aliphatic carbocycles. The Kier molecular flexibility index (Phi) is 5.73. The number of nitrogens with one attached hydrogen (secondary N) is 2. The molecular weight excluding hydrogens is 460 g/mol. The first kappa shape index (κ1) is 23.2. The van der Waals surface area contributed by atoms with Crippen LogP contribution in [0.3, 0.4) is 0 Å². The van der Waals surface area contributed by atoms with Gasteiger partial charge in [0.05, 0.1) is 17.1 Å². The topological polar surface area (TPSA) is 138 Å². The maximum atomic E-state index is 13.0. The van der Waals surface area contributed by atoms with Crippen LogP contribution in [0.4, 0.5) is 11.5 Å². The van der Waals surface area contributed by atoms with Gasteiger partial charge < -0.3 is 30.8 Å². The molecule has 0 saturated carbocycles. The smallest absolute Gasteiger partial charge is 0.261 e. The summed E-state index contributed by atoms with van der Waals surface area (Å²) in [7, 11) is 3.84. The number of anilines is 2. The van der Waals surface area contributed by atoms with Crippen LogP contribution in [0.1, 0.15) is 11.3 Å². The number of aryl methyl sites for hydroxylation is 1. The number of aromatic hydroxyl groups is 1. The summed E-state index contributed by atoms with van der Waals surface area (Å²) in [6.07, 6.45) is 3.25. The molecule has 36 heavy (non-hydrogen) atoms. The van der Waals surface area contributed by atoms with E-state index in [1.54, 1.807) is 36.4 Å². The van der Waals surface area contributed by atoms with E-state index >= 15 is 0 Å². The summed E-state index contributed by atoms with van der Waals surface area (Å²) in [6.45, 7) is 2.60. The first-order valence-electron chi connectivity index (χ1n) is 11.4. The van der Waals surface area contributed by atoms with E-state index < -0.39 is 0 Å². The van der Waals surface area contributed by atoms with Crippen molar-refractivity contribution in [2.75, 3.05) is 31.7 Å². The van der Waals surface area contributed by atoms with Crippen LogP contribution in [0.15, 0.2) is 53.3 Å². The molecule has 2 aromatic heterocycles. The molecule has 5 rings (SSSR count). The number of carbonyl (C=O) groups is 1. The van der Waals surface area contributed by atoms with Gasteiger partial charge in [0.1, 0.15) is 29.1 Å². The highest BCUT2D eigenvalue weighted by Gasteiger charge is 2.28. The number of rotatable bonds is 5. The number of fused-ring (bicyclic) bond motifs is 5. The molecule has 1 aliphatic heterocycles. The van der Waals surface area contributed by atoms with Crippen molar-refractivity contribution in [3.05, 3.63) is 70.2 Å².